The molecule has 0 aromatic carbocycles. The molecule has 5 rings (SSSR count). The number of carbonyl (C=O) groups is 2. The van der Waals surface area contributed by atoms with E-state index in [1.807, 2.05) is 6.08 Å². The minimum atomic E-state index is -0.385. The average Bonchev–Trinajstić information content (AvgIpc) is 3.07. The molecule has 4 heteroatoms. The van der Waals surface area contributed by atoms with Gasteiger partial charge in [-0.05, 0) is 92.7 Å². The van der Waals surface area contributed by atoms with Crippen molar-refractivity contribution < 1.29 is 14.3 Å². The zero-order valence-corrected chi connectivity index (χ0v) is 19.9. The molecule has 6 atom stereocenters. The first-order chi connectivity index (χ1) is 15.3. The van der Waals surface area contributed by atoms with E-state index in [0.29, 0.717) is 35.5 Å². The van der Waals surface area contributed by atoms with E-state index in [2.05, 4.69) is 25.8 Å². The molecule has 0 spiro atoms. The lowest BCUT2D eigenvalue weighted by Crippen LogP contribution is -2.56. The summed E-state index contributed by atoms with van der Waals surface area (Å²) in [5.74, 6) is 2.01. The fourth-order valence-electron chi connectivity index (χ4n) is 8.40. The van der Waals surface area contributed by atoms with Gasteiger partial charge >= 0.3 is 5.97 Å². The minimum absolute atomic E-state index is 0.0180. The van der Waals surface area contributed by atoms with Crippen LogP contribution < -0.4 is 0 Å². The van der Waals surface area contributed by atoms with Crippen LogP contribution in [0.2, 0.25) is 0 Å². The summed E-state index contributed by atoms with van der Waals surface area (Å²) in [4.78, 5) is 29.4. The molecule has 3 saturated carbocycles. The molecule has 0 radical (unpaired) electrons. The van der Waals surface area contributed by atoms with E-state index in [0.717, 1.165) is 44.9 Å². The Morgan fingerprint density at radius 1 is 1.12 bits per heavy atom. The summed E-state index contributed by atoms with van der Waals surface area (Å²) in [6.45, 7) is 7.06. The van der Waals surface area contributed by atoms with Crippen LogP contribution in [-0.2, 0) is 9.53 Å². The number of hydrogen-bond acceptors (Lipinski definition) is 4. The van der Waals surface area contributed by atoms with E-state index in [-0.39, 0.29) is 22.4 Å². The van der Waals surface area contributed by atoms with Gasteiger partial charge in [-0.3, -0.25) is 9.78 Å². The number of ketones is 1. The summed E-state index contributed by atoms with van der Waals surface area (Å²) in [6, 6.07) is 3.61. The van der Waals surface area contributed by atoms with Gasteiger partial charge in [0.2, 0.25) is 0 Å². The Morgan fingerprint density at radius 3 is 2.69 bits per heavy atom. The average molecular weight is 436 g/mol. The van der Waals surface area contributed by atoms with Gasteiger partial charge in [0.05, 0.1) is 5.56 Å². The minimum Gasteiger partial charge on any atom is -0.455 e. The topological polar surface area (TPSA) is 56.3 Å². The summed E-state index contributed by atoms with van der Waals surface area (Å²) >= 11 is 0. The quantitative estimate of drug-likeness (QED) is 0.520. The maximum Gasteiger partial charge on any atom is 0.340 e. The monoisotopic (exact) mass is 435 g/mol. The molecule has 0 N–H and O–H groups in total. The summed E-state index contributed by atoms with van der Waals surface area (Å²) in [7, 11) is 0. The van der Waals surface area contributed by atoms with Crippen LogP contribution in [0.15, 0.2) is 36.2 Å². The first kappa shape index (κ1) is 21.9. The first-order valence-electron chi connectivity index (χ1n) is 12.7. The Labute approximate surface area is 192 Å². The summed E-state index contributed by atoms with van der Waals surface area (Å²) in [5.41, 5.74) is 1.78. The zero-order chi connectivity index (χ0) is 22.6. The van der Waals surface area contributed by atoms with Gasteiger partial charge < -0.3 is 4.74 Å². The SMILES string of the molecule is CCC[C@]1(OC(=O)c2cccnc2)CC[C@H]2[C@@H]3CCC4=CC(=O)CC[C@]4(C)[C@H]3CC[C@@]21C. The third-order valence-electron chi connectivity index (χ3n) is 10.1. The van der Waals surface area contributed by atoms with Crippen LogP contribution in [0.3, 0.4) is 0 Å². The Bertz CT molecular complexity index is 939. The molecule has 4 aliphatic carbocycles. The van der Waals surface area contributed by atoms with Crippen molar-refractivity contribution >= 4 is 11.8 Å². The largest absolute Gasteiger partial charge is 0.455 e. The molecule has 1 heterocycles. The number of allylic oxidation sites excluding steroid dienone is 1. The van der Waals surface area contributed by atoms with Crippen molar-refractivity contribution in [2.75, 3.05) is 0 Å². The Kier molecular flexibility index (Phi) is 5.34. The second kappa shape index (κ2) is 7.81. The highest BCUT2D eigenvalue weighted by Gasteiger charge is 2.65. The van der Waals surface area contributed by atoms with Gasteiger partial charge in [0.15, 0.2) is 5.78 Å². The Hall–Kier alpha value is -1.97. The highest BCUT2D eigenvalue weighted by Crippen LogP contribution is 2.69. The molecular formula is C28H37NO3. The van der Waals surface area contributed by atoms with E-state index >= 15 is 0 Å². The highest BCUT2D eigenvalue weighted by molar-refractivity contribution is 5.91. The number of hydrogen-bond donors (Lipinski definition) is 0. The molecule has 1 aromatic rings. The van der Waals surface area contributed by atoms with Gasteiger partial charge in [0.25, 0.3) is 0 Å². The molecule has 172 valence electrons. The molecule has 0 unspecified atom stereocenters. The van der Waals surface area contributed by atoms with Crippen LogP contribution >= 0.6 is 0 Å². The number of aromatic nitrogens is 1. The lowest BCUT2D eigenvalue weighted by molar-refractivity contribution is -0.137. The normalized spacial score (nSPS) is 40.7. The highest BCUT2D eigenvalue weighted by atomic mass is 16.6. The zero-order valence-electron chi connectivity index (χ0n) is 19.9. The molecule has 0 bridgehead atoms. The van der Waals surface area contributed by atoms with Gasteiger partial charge in [-0.1, -0.05) is 32.8 Å². The van der Waals surface area contributed by atoms with E-state index in [9.17, 15) is 9.59 Å². The van der Waals surface area contributed by atoms with Gasteiger partial charge in [0, 0.05) is 24.2 Å². The summed E-state index contributed by atoms with van der Waals surface area (Å²) in [5, 5.41) is 0. The van der Waals surface area contributed by atoms with Crippen molar-refractivity contribution in [1.82, 2.24) is 4.98 Å². The molecule has 1 aromatic heterocycles. The van der Waals surface area contributed by atoms with Crippen LogP contribution in [0, 0.1) is 28.6 Å². The van der Waals surface area contributed by atoms with Gasteiger partial charge in [0.1, 0.15) is 5.60 Å². The van der Waals surface area contributed by atoms with E-state index in [1.54, 1.807) is 24.5 Å². The third-order valence-corrected chi connectivity index (χ3v) is 10.1. The van der Waals surface area contributed by atoms with Gasteiger partial charge in [-0.2, -0.15) is 0 Å². The maximum atomic E-state index is 13.1. The fraction of sp³-hybridized carbons (Fsp3) is 0.679. The Balaban J connectivity index is 1.45. The first-order valence-corrected chi connectivity index (χ1v) is 12.7. The van der Waals surface area contributed by atoms with Crippen molar-refractivity contribution in [3.63, 3.8) is 0 Å². The second-order valence-electron chi connectivity index (χ2n) is 11.3. The number of ether oxygens (including phenoxy) is 1. The molecule has 4 aliphatic rings. The lowest BCUT2D eigenvalue weighted by Gasteiger charge is -2.59. The number of pyridine rings is 1. The van der Waals surface area contributed by atoms with E-state index < -0.39 is 0 Å². The number of fused-ring (bicyclic) bond motifs is 5. The van der Waals surface area contributed by atoms with Gasteiger partial charge in [-0.25, -0.2) is 4.79 Å². The van der Waals surface area contributed by atoms with Crippen LogP contribution in [0.5, 0.6) is 0 Å². The maximum absolute atomic E-state index is 13.1. The lowest BCUT2D eigenvalue weighted by atomic mass is 9.46. The van der Waals surface area contributed by atoms with Crippen molar-refractivity contribution in [3.05, 3.63) is 41.7 Å². The fourth-order valence-corrected chi connectivity index (χ4v) is 8.40. The van der Waals surface area contributed by atoms with Crippen molar-refractivity contribution in [3.8, 4) is 0 Å². The molecule has 3 fully saturated rings. The molecule has 4 nitrogen and oxygen atoms in total. The molecule has 0 saturated heterocycles. The second-order valence-corrected chi connectivity index (χ2v) is 11.3. The molecule has 0 aliphatic heterocycles. The summed E-state index contributed by atoms with van der Waals surface area (Å²) in [6.07, 6.45) is 15.6. The standard InChI is InChI=1S/C28H37NO3/c1-4-12-28(32-25(31)19-6-5-16-29-18-19)15-11-24-22-8-7-20-17-21(30)9-13-26(20,2)23(22)10-14-27(24,28)3/h5-6,16-18,22-24H,4,7-15H2,1-3H3/t22-,23+,24+,26+,27+,28+/m1/s1. The number of carbonyl (C=O) groups excluding carboxylic acids is 2. The smallest absolute Gasteiger partial charge is 0.340 e. The van der Waals surface area contributed by atoms with Crippen LogP contribution in [0.25, 0.3) is 0 Å². The van der Waals surface area contributed by atoms with Crippen LogP contribution in [0.1, 0.15) is 95.3 Å². The number of esters is 1. The van der Waals surface area contributed by atoms with E-state index in [1.165, 1.54) is 18.4 Å². The predicted octanol–water partition coefficient (Wildman–Crippen LogP) is 6.31. The number of rotatable bonds is 4. The van der Waals surface area contributed by atoms with Crippen LogP contribution in [-0.4, -0.2) is 22.3 Å². The molecule has 0 amide bonds. The Morgan fingerprint density at radius 2 is 1.94 bits per heavy atom. The van der Waals surface area contributed by atoms with Gasteiger partial charge in [-0.15, -0.1) is 0 Å². The molecular weight excluding hydrogens is 398 g/mol. The predicted molar refractivity (Wildman–Crippen MR) is 124 cm³/mol. The third kappa shape index (κ3) is 3.12. The van der Waals surface area contributed by atoms with Crippen molar-refractivity contribution in [2.24, 2.45) is 28.6 Å². The van der Waals surface area contributed by atoms with E-state index in [4.69, 9.17) is 4.74 Å². The van der Waals surface area contributed by atoms with Crippen molar-refractivity contribution in [2.45, 2.75) is 90.6 Å². The molecule has 32 heavy (non-hydrogen) atoms. The van der Waals surface area contributed by atoms with Crippen LogP contribution in [0.4, 0.5) is 0 Å². The number of nitrogens with zero attached hydrogens (tertiary/aromatic N) is 1. The van der Waals surface area contributed by atoms with Crippen molar-refractivity contribution in [1.29, 1.82) is 0 Å². The summed E-state index contributed by atoms with van der Waals surface area (Å²) < 4.78 is 6.49.